The Bertz CT molecular complexity index is 1550. The van der Waals surface area contributed by atoms with E-state index >= 15 is 0 Å². The second-order valence-electron chi connectivity index (χ2n) is 10.8. The number of piperidine rings is 1. The summed E-state index contributed by atoms with van der Waals surface area (Å²) in [6, 6.07) is 10.6. The van der Waals surface area contributed by atoms with Crippen molar-refractivity contribution in [1.82, 2.24) is 14.5 Å². The molecule has 0 bridgehead atoms. The molecule has 45 heavy (non-hydrogen) atoms. The van der Waals surface area contributed by atoms with Crippen molar-refractivity contribution in [3.63, 3.8) is 0 Å². The number of nitro groups is 2. The molecule has 0 spiro atoms. The van der Waals surface area contributed by atoms with Gasteiger partial charge in [0.1, 0.15) is 12.8 Å². The third kappa shape index (κ3) is 9.28. The standard InChI is InChI=1S/C29H30F3N5O7S/c1-28(39,19-35-18-25(37(42)43)33-26(35)45-24-7-3-2-6-23(24)36(40)41)17-21-12-14-34(15-13-21)27(38)44-16-4-5-20-8-10-22(11-9-20)29(30,31)32/h2-11,18,21,39H,12-17,19H2,1H3/t28-/m0/s1. The zero-order chi connectivity index (χ0) is 32.8. The predicted octanol–water partition coefficient (Wildman–Crippen LogP) is 6.57. The molecule has 1 aliphatic rings. The number of amides is 1. The van der Waals surface area contributed by atoms with Crippen LogP contribution in [0, 0.1) is 26.1 Å². The SMILES string of the molecule is C[C@](O)(CC1CCN(C(=O)OCC=Cc2ccc(C(F)(F)F)cc2)CC1)Cn1cc([N+](=O)[O-])nc1Sc1ccccc1[N+](=O)[O-]. The van der Waals surface area contributed by atoms with Crippen LogP contribution in [-0.2, 0) is 17.5 Å². The third-order valence-electron chi connectivity index (χ3n) is 7.14. The number of benzene rings is 2. The fourth-order valence-corrected chi connectivity index (χ4v) is 5.98. The van der Waals surface area contributed by atoms with Gasteiger partial charge < -0.3 is 24.9 Å². The lowest BCUT2D eigenvalue weighted by atomic mass is 9.85. The highest BCUT2D eigenvalue weighted by Crippen LogP contribution is 2.36. The van der Waals surface area contributed by atoms with Gasteiger partial charge >= 0.3 is 18.1 Å². The average molecular weight is 650 g/mol. The highest BCUT2D eigenvalue weighted by Gasteiger charge is 2.33. The highest BCUT2D eigenvalue weighted by molar-refractivity contribution is 7.99. The van der Waals surface area contributed by atoms with E-state index in [9.17, 15) is 43.3 Å². The minimum absolute atomic E-state index is 0.0356. The summed E-state index contributed by atoms with van der Waals surface area (Å²) in [5, 5.41) is 34.2. The maximum Gasteiger partial charge on any atom is 0.416 e. The lowest BCUT2D eigenvalue weighted by molar-refractivity contribution is -0.389. The van der Waals surface area contributed by atoms with E-state index in [0.29, 0.717) is 37.9 Å². The zero-order valence-electron chi connectivity index (χ0n) is 24.1. The first-order valence-corrected chi connectivity index (χ1v) is 14.6. The molecule has 1 N–H and O–H groups in total. The number of rotatable bonds is 11. The molecule has 1 fully saturated rings. The van der Waals surface area contributed by atoms with E-state index in [2.05, 4.69) is 4.98 Å². The van der Waals surface area contributed by atoms with Crippen LogP contribution in [0.3, 0.4) is 0 Å². The Labute approximate surface area is 259 Å². The average Bonchev–Trinajstić information content (AvgIpc) is 3.37. The van der Waals surface area contributed by atoms with Gasteiger partial charge in [-0.3, -0.25) is 14.7 Å². The van der Waals surface area contributed by atoms with Crippen molar-refractivity contribution in [2.24, 2.45) is 5.92 Å². The van der Waals surface area contributed by atoms with E-state index in [1.807, 2.05) is 0 Å². The number of hydrogen-bond donors (Lipinski definition) is 1. The summed E-state index contributed by atoms with van der Waals surface area (Å²) in [5.41, 5.74) is -1.71. The van der Waals surface area contributed by atoms with Gasteiger partial charge in [0.15, 0.2) is 0 Å². The smallest absolute Gasteiger partial charge is 0.416 e. The maximum atomic E-state index is 12.7. The number of aliphatic hydroxyl groups is 1. The Morgan fingerprint density at radius 2 is 1.78 bits per heavy atom. The van der Waals surface area contributed by atoms with Crippen LogP contribution in [0.2, 0.25) is 0 Å². The Kier molecular flexibility index (Phi) is 10.5. The molecule has 0 radical (unpaired) electrons. The number of nitro benzene ring substituents is 1. The molecule has 12 nitrogen and oxygen atoms in total. The van der Waals surface area contributed by atoms with E-state index in [1.165, 1.54) is 52.1 Å². The minimum Gasteiger partial charge on any atom is -0.445 e. The third-order valence-corrected chi connectivity index (χ3v) is 8.21. The molecule has 1 saturated heterocycles. The molecular formula is C29H30F3N5O7S. The van der Waals surface area contributed by atoms with E-state index in [0.717, 1.165) is 23.9 Å². The number of carbonyl (C=O) groups excluding carboxylic acids is 1. The number of carbonyl (C=O) groups is 1. The number of nitrogens with zero attached hydrogens (tertiary/aromatic N) is 5. The molecule has 4 rings (SSSR count). The van der Waals surface area contributed by atoms with Gasteiger partial charge in [-0.15, -0.1) is 0 Å². The lowest BCUT2D eigenvalue weighted by Gasteiger charge is -2.35. The van der Waals surface area contributed by atoms with Crippen molar-refractivity contribution < 1.29 is 37.7 Å². The van der Waals surface area contributed by atoms with Gasteiger partial charge in [0.05, 0.1) is 27.5 Å². The van der Waals surface area contributed by atoms with E-state index in [4.69, 9.17) is 4.74 Å². The van der Waals surface area contributed by atoms with Gasteiger partial charge in [-0.1, -0.05) is 30.3 Å². The molecule has 1 aliphatic heterocycles. The van der Waals surface area contributed by atoms with Crippen molar-refractivity contribution in [3.05, 3.63) is 92.2 Å². The van der Waals surface area contributed by atoms with Gasteiger partial charge in [0.2, 0.25) is 0 Å². The van der Waals surface area contributed by atoms with Crippen LogP contribution in [0.25, 0.3) is 6.08 Å². The van der Waals surface area contributed by atoms with Crippen molar-refractivity contribution in [1.29, 1.82) is 0 Å². The largest absolute Gasteiger partial charge is 0.445 e. The summed E-state index contributed by atoms with van der Waals surface area (Å²) in [6.07, 6.45) is 0.823. The number of aromatic nitrogens is 2. The first-order valence-electron chi connectivity index (χ1n) is 13.8. The molecule has 1 atom stereocenters. The van der Waals surface area contributed by atoms with E-state index in [1.54, 1.807) is 19.1 Å². The first kappa shape index (κ1) is 33.5. The van der Waals surface area contributed by atoms with Crippen LogP contribution in [0.1, 0.15) is 37.3 Å². The van der Waals surface area contributed by atoms with Crippen LogP contribution in [-0.4, -0.2) is 60.8 Å². The molecule has 2 heterocycles. The molecule has 1 aromatic heterocycles. The summed E-state index contributed by atoms with van der Waals surface area (Å²) in [6.45, 7) is 2.26. The molecule has 1 amide bonds. The number of para-hydroxylation sites is 1. The van der Waals surface area contributed by atoms with Crippen LogP contribution in [0.4, 0.5) is 29.5 Å². The van der Waals surface area contributed by atoms with Gasteiger partial charge in [0.25, 0.3) is 10.8 Å². The molecule has 2 aromatic carbocycles. The fourth-order valence-electron chi connectivity index (χ4n) is 5.01. The van der Waals surface area contributed by atoms with Crippen LogP contribution >= 0.6 is 11.8 Å². The normalized spacial score (nSPS) is 15.6. The maximum absolute atomic E-state index is 12.7. The van der Waals surface area contributed by atoms with Crippen LogP contribution < -0.4 is 0 Å². The Morgan fingerprint density at radius 3 is 2.40 bits per heavy atom. The number of halogens is 3. The second-order valence-corrected chi connectivity index (χ2v) is 11.8. The van der Waals surface area contributed by atoms with Crippen molar-refractivity contribution in [2.45, 2.75) is 54.6 Å². The molecule has 16 heteroatoms. The van der Waals surface area contributed by atoms with Gasteiger partial charge in [-0.2, -0.15) is 13.2 Å². The van der Waals surface area contributed by atoms with Crippen LogP contribution in [0.5, 0.6) is 0 Å². The molecule has 240 valence electrons. The van der Waals surface area contributed by atoms with Crippen molar-refractivity contribution >= 4 is 35.4 Å². The topological polar surface area (TPSA) is 154 Å². The fraction of sp³-hybridized carbons (Fsp3) is 0.379. The first-order chi connectivity index (χ1) is 21.2. The Balaban J connectivity index is 1.28. The molecular weight excluding hydrogens is 619 g/mol. The van der Waals surface area contributed by atoms with Crippen molar-refractivity contribution in [2.75, 3.05) is 19.7 Å². The summed E-state index contributed by atoms with van der Waals surface area (Å²) >= 11 is 0.897. The van der Waals surface area contributed by atoms with Gasteiger partial charge in [-0.05, 0) is 83.6 Å². The molecule has 0 unspecified atom stereocenters. The molecule has 0 aliphatic carbocycles. The highest BCUT2D eigenvalue weighted by atomic mass is 32.2. The van der Waals surface area contributed by atoms with Crippen LogP contribution in [0.15, 0.2) is 70.9 Å². The summed E-state index contributed by atoms with van der Waals surface area (Å²) < 4.78 is 44.8. The zero-order valence-corrected chi connectivity index (χ0v) is 24.9. The molecule has 3 aromatic rings. The van der Waals surface area contributed by atoms with Gasteiger partial charge in [0, 0.05) is 19.2 Å². The van der Waals surface area contributed by atoms with E-state index in [-0.39, 0.29) is 34.8 Å². The summed E-state index contributed by atoms with van der Waals surface area (Å²) in [4.78, 5) is 39.9. The number of imidazole rings is 1. The summed E-state index contributed by atoms with van der Waals surface area (Å²) in [7, 11) is 0. The van der Waals surface area contributed by atoms with Crippen molar-refractivity contribution in [3.8, 4) is 0 Å². The van der Waals surface area contributed by atoms with Gasteiger partial charge in [-0.25, -0.2) is 4.79 Å². The second kappa shape index (κ2) is 14.1. The molecule has 0 saturated carbocycles. The number of hydrogen-bond acceptors (Lipinski definition) is 9. The summed E-state index contributed by atoms with van der Waals surface area (Å²) in [5.74, 6) is -0.415. The minimum atomic E-state index is -4.41. The predicted molar refractivity (Wildman–Crippen MR) is 157 cm³/mol. The number of likely N-dealkylation sites (tertiary alicyclic amines) is 1. The lowest BCUT2D eigenvalue weighted by Crippen LogP contribution is -2.41. The quantitative estimate of drug-likeness (QED) is 0.179. The Hall–Kier alpha value is -4.44. The number of ether oxygens (including phenoxy) is 1. The van der Waals surface area contributed by atoms with E-state index < -0.39 is 39.1 Å². The monoisotopic (exact) mass is 649 g/mol. The Morgan fingerprint density at radius 1 is 1.11 bits per heavy atom. The number of alkyl halides is 3.